The number of carbonyl (C=O) groups is 2. The zero-order valence-corrected chi connectivity index (χ0v) is 23.4. The molecule has 8 heteroatoms. The Balaban J connectivity index is 2.10. The highest BCUT2D eigenvalue weighted by molar-refractivity contribution is 6.46. The minimum atomic E-state index is -0.759. The number of methoxy groups -OCH3 is 2. The number of ketones is 1. The van der Waals surface area contributed by atoms with Crippen molar-refractivity contribution in [3.8, 4) is 17.2 Å². The predicted octanol–water partition coefficient (Wildman–Crippen LogP) is 3.54. The number of nitrogens with zero attached hydrogens (tertiary/aromatic N) is 1. The van der Waals surface area contributed by atoms with Crippen LogP contribution in [0.2, 0.25) is 0 Å². The van der Waals surface area contributed by atoms with Gasteiger partial charge in [-0.3, -0.25) is 9.59 Å². The molecule has 3 rings (SSSR count). The van der Waals surface area contributed by atoms with Crippen LogP contribution in [0.1, 0.15) is 56.3 Å². The van der Waals surface area contributed by atoms with Crippen LogP contribution in [0, 0.1) is 6.92 Å². The third-order valence-corrected chi connectivity index (χ3v) is 7.17. The van der Waals surface area contributed by atoms with Crippen molar-refractivity contribution in [2.24, 2.45) is 0 Å². The van der Waals surface area contributed by atoms with Crippen molar-refractivity contribution in [1.29, 1.82) is 0 Å². The lowest BCUT2D eigenvalue weighted by atomic mass is 9.94. The van der Waals surface area contributed by atoms with E-state index in [-0.39, 0.29) is 11.3 Å². The molecule has 1 aliphatic rings. The maximum absolute atomic E-state index is 13.4. The number of aryl methyl sites for hydroxylation is 1. The van der Waals surface area contributed by atoms with Gasteiger partial charge in [-0.25, -0.2) is 0 Å². The Morgan fingerprint density at radius 1 is 0.974 bits per heavy atom. The molecule has 1 amide bonds. The lowest BCUT2D eigenvalue weighted by molar-refractivity contribution is -0.895. The van der Waals surface area contributed by atoms with Gasteiger partial charge in [0.05, 0.1) is 58.6 Å². The number of aliphatic hydroxyl groups is 1. The van der Waals surface area contributed by atoms with Gasteiger partial charge in [0.2, 0.25) is 0 Å². The molecule has 8 nitrogen and oxygen atoms in total. The molecule has 0 bridgehead atoms. The second-order valence-corrected chi connectivity index (χ2v) is 9.50. The highest BCUT2D eigenvalue weighted by Gasteiger charge is 2.46. The van der Waals surface area contributed by atoms with Crippen LogP contribution in [0.5, 0.6) is 17.2 Å². The van der Waals surface area contributed by atoms with Gasteiger partial charge >= 0.3 is 0 Å². The molecule has 206 valence electrons. The number of likely N-dealkylation sites (tertiary alicyclic amines) is 1. The number of amides is 1. The van der Waals surface area contributed by atoms with E-state index in [4.69, 9.17) is 14.2 Å². The molecule has 2 aromatic rings. The number of ether oxygens (including phenoxy) is 3. The molecule has 1 heterocycles. The lowest BCUT2D eigenvalue weighted by Crippen LogP contribution is -3.12. The molecule has 1 saturated heterocycles. The second-order valence-electron chi connectivity index (χ2n) is 9.50. The van der Waals surface area contributed by atoms with E-state index in [9.17, 15) is 14.7 Å². The smallest absolute Gasteiger partial charge is 0.295 e. The topological polar surface area (TPSA) is 89.7 Å². The first-order valence-corrected chi connectivity index (χ1v) is 13.4. The molecule has 0 aromatic heterocycles. The molecule has 0 spiro atoms. The van der Waals surface area contributed by atoms with E-state index in [0.29, 0.717) is 42.3 Å². The van der Waals surface area contributed by atoms with E-state index in [0.717, 1.165) is 37.2 Å². The van der Waals surface area contributed by atoms with E-state index in [1.807, 2.05) is 6.92 Å². The van der Waals surface area contributed by atoms with Crippen LogP contribution < -0.4 is 19.1 Å². The molecule has 0 radical (unpaired) electrons. The number of nitrogens with one attached hydrogen (secondary N) is 1. The van der Waals surface area contributed by atoms with Gasteiger partial charge in [0, 0.05) is 5.56 Å². The van der Waals surface area contributed by atoms with E-state index >= 15 is 0 Å². The average Bonchev–Trinajstić information content (AvgIpc) is 3.18. The highest BCUT2D eigenvalue weighted by Crippen LogP contribution is 2.42. The average molecular weight is 526 g/mol. The third-order valence-electron chi connectivity index (χ3n) is 7.17. The van der Waals surface area contributed by atoms with Gasteiger partial charge in [0.1, 0.15) is 11.5 Å². The van der Waals surface area contributed by atoms with Crippen molar-refractivity contribution in [2.45, 2.75) is 46.6 Å². The van der Waals surface area contributed by atoms with Gasteiger partial charge < -0.3 is 29.1 Å². The summed E-state index contributed by atoms with van der Waals surface area (Å²) in [5.74, 6) is 0.231. The number of benzene rings is 2. The summed E-state index contributed by atoms with van der Waals surface area (Å²) >= 11 is 0. The molecule has 2 N–H and O–H groups in total. The molecule has 1 fully saturated rings. The number of rotatable bonds is 13. The Hall–Kier alpha value is -3.52. The maximum atomic E-state index is 13.4. The Morgan fingerprint density at radius 3 is 2.26 bits per heavy atom. The summed E-state index contributed by atoms with van der Waals surface area (Å²) in [6.07, 6.45) is 1.98. The number of hydrogen-bond acceptors (Lipinski definition) is 6. The van der Waals surface area contributed by atoms with Crippen molar-refractivity contribution in [3.05, 3.63) is 58.7 Å². The van der Waals surface area contributed by atoms with Crippen LogP contribution in [-0.4, -0.2) is 68.7 Å². The summed E-state index contributed by atoms with van der Waals surface area (Å²) in [6.45, 7) is 11.7. The molecule has 0 aliphatic carbocycles. The monoisotopic (exact) mass is 525 g/mol. The number of aliphatic hydroxyl groups excluding tert-OH is 1. The van der Waals surface area contributed by atoms with Gasteiger partial charge in [-0.15, -0.1) is 0 Å². The van der Waals surface area contributed by atoms with E-state index in [1.54, 1.807) is 48.4 Å². The van der Waals surface area contributed by atoms with E-state index in [1.165, 1.54) is 12.0 Å². The Bertz CT molecular complexity index is 1170. The number of carbonyl (C=O) groups excluding carboxylic acids is 2. The fourth-order valence-corrected chi connectivity index (χ4v) is 4.80. The summed E-state index contributed by atoms with van der Waals surface area (Å²) < 4.78 is 16.7. The quantitative estimate of drug-likeness (QED) is 0.180. The first-order chi connectivity index (χ1) is 18.3. The Morgan fingerprint density at radius 2 is 1.66 bits per heavy atom. The summed E-state index contributed by atoms with van der Waals surface area (Å²) in [5, 5.41) is 11.5. The minimum absolute atomic E-state index is 0.0656. The molecule has 1 aliphatic heterocycles. The molecule has 0 unspecified atom stereocenters. The van der Waals surface area contributed by atoms with E-state index in [2.05, 4.69) is 20.8 Å². The van der Waals surface area contributed by atoms with Crippen molar-refractivity contribution >= 4 is 17.4 Å². The summed E-state index contributed by atoms with van der Waals surface area (Å²) in [7, 11) is 3.09. The molecule has 38 heavy (non-hydrogen) atoms. The van der Waals surface area contributed by atoms with Crippen molar-refractivity contribution in [3.63, 3.8) is 0 Å². The molecule has 0 saturated carbocycles. The maximum Gasteiger partial charge on any atom is 0.295 e. The Kier molecular flexibility index (Phi) is 10.2. The van der Waals surface area contributed by atoms with Crippen molar-refractivity contribution in [2.75, 3.05) is 47.0 Å². The number of unbranched alkanes of at least 4 members (excludes halogenated alkanes) is 1. The lowest BCUT2D eigenvalue weighted by Gasteiger charge is -2.27. The zero-order chi connectivity index (χ0) is 27.8. The fourth-order valence-electron chi connectivity index (χ4n) is 4.80. The second kappa shape index (κ2) is 13.3. The summed E-state index contributed by atoms with van der Waals surface area (Å²) in [4.78, 5) is 29.6. The van der Waals surface area contributed by atoms with Gasteiger partial charge in [-0.1, -0.05) is 19.4 Å². The van der Waals surface area contributed by atoms with Gasteiger partial charge in [0.15, 0.2) is 11.5 Å². The van der Waals surface area contributed by atoms with Crippen LogP contribution in [0.3, 0.4) is 0 Å². The molecule has 1 atom stereocenters. The SMILES string of the molecule is CCCCOc1ccc(C(O)=C2C(=O)C(=O)N(CC[NH+](CC)CC)[C@@H]2c2ccc(OC)c(OC)c2)cc1C. The first-order valence-electron chi connectivity index (χ1n) is 13.4. The van der Waals surface area contributed by atoms with Crippen LogP contribution in [0.25, 0.3) is 5.76 Å². The summed E-state index contributed by atoms with van der Waals surface area (Å²) in [5.41, 5.74) is 2.03. The fraction of sp³-hybridized carbons (Fsp3) is 0.467. The predicted molar refractivity (Wildman–Crippen MR) is 147 cm³/mol. The minimum Gasteiger partial charge on any atom is -0.507 e. The zero-order valence-electron chi connectivity index (χ0n) is 23.4. The largest absolute Gasteiger partial charge is 0.507 e. The van der Waals surface area contributed by atoms with Crippen molar-refractivity contribution < 1.29 is 33.8 Å². The number of likely N-dealkylation sites (N-methyl/N-ethyl adjacent to an activating group) is 1. The van der Waals surface area contributed by atoms with Gasteiger partial charge in [-0.2, -0.15) is 0 Å². The molecular weight excluding hydrogens is 484 g/mol. The van der Waals surface area contributed by atoms with Crippen molar-refractivity contribution in [1.82, 2.24) is 4.90 Å². The normalized spacial score (nSPS) is 16.8. The van der Waals surface area contributed by atoms with Gasteiger partial charge in [-0.05, 0) is 68.7 Å². The summed E-state index contributed by atoms with van der Waals surface area (Å²) in [6, 6.07) is 9.86. The Labute approximate surface area is 225 Å². The number of Topliss-reactive ketones (excluding diaryl/α,β-unsaturated/α-hetero) is 1. The van der Waals surface area contributed by atoms with Crippen LogP contribution in [0.15, 0.2) is 42.0 Å². The van der Waals surface area contributed by atoms with E-state index < -0.39 is 17.7 Å². The third kappa shape index (κ3) is 6.13. The first kappa shape index (κ1) is 29.0. The molecular formula is C30H41N2O6+. The molecule has 2 aromatic carbocycles. The van der Waals surface area contributed by atoms with Crippen LogP contribution in [0.4, 0.5) is 0 Å². The van der Waals surface area contributed by atoms with Gasteiger partial charge in [0.25, 0.3) is 11.7 Å². The number of quaternary nitrogens is 1. The highest BCUT2D eigenvalue weighted by atomic mass is 16.5. The number of hydrogen-bond donors (Lipinski definition) is 2. The standard InChI is InChI=1S/C30H40N2O6/c1-7-10-17-38-23-13-12-22(18-20(23)4)28(33)26-27(21-11-14-24(36-5)25(19-21)37-6)32(30(35)29(26)34)16-15-31(8-2)9-3/h11-14,18-19,27,33H,7-10,15-17H2,1-6H3/p+1/t27-/m1/s1. The van der Waals surface area contributed by atoms with Crippen LogP contribution in [-0.2, 0) is 9.59 Å². The van der Waals surface area contributed by atoms with Crippen LogP contribution >= 0.6 is 0 Å².